The summed E-state index contributed by atoms with van der Waals surface area (Å²) in [4.78, 5) is 37.6. The molecule has 0 radical (unpaired) electrons. The predicted molar refractivity (Wildman–Crippen MR) is 117 cm³/mol. The molecule has 0 aromatic heterocycles. The zero-order chi connectivity index (χ0) is 22.3. The largest absolute Gasteiger partial charge is 0.465 e. The Bertz CT molecular complexity index is 1290. The number of amides is 1. The Kier molecular flexibility index (Phi) is 4.62. The Balaban J connectivity index is 1.50. The molecule has 5 rings (SSSR count). The van der Waals surface area contributed by atoms with Crippen molar-refractivity contribution in [2.75, 3.05) is 12.5 Å². The molecule has 2 aromatic rings. The fourth-order valence-electron chi connectivity index (χ4n) is 4.42. The lowest BCUT2D eigenvalue weighted by Crippen LogP contribution is -2.29. The first-order valence-corrected chi connectivity index (χ1v) is 10.1. The monoisotopic (exact) mass is 428 g/mol. The molecule has 1 aliphatic carbocycles. The lowest BCUT2D eigenvalue weighted by molar-refractivity contribution is -0.118. The van der Waals surface area contributed by atoms with Crippen LogP contribution in [-0.4, -0.2) is 33.9 Å². The molecule has 3 aliphatic rings. The number of rotatable bonds is 5. The van der Waals surface area contributed by atoms with Gasteiger partial charge in [-0.2, -0.15) is 5.10 Å². The van der Waals surface area contributed by atoms with E-state index in [4.69, 9.17) is 4.74 Å². The van der Waals surface area contributed by atoms with Gasteiger partial charge >= 0.3 is 5.97 Å². The molecule has 0 bridgehead atoms. The van der Waals surface area contributed by atoms with Gasteiger partial charge in [0.1, 0.15) is 11.3 Å². The van der Waals surface area contributed by atoms with E-state index in [1.807, 2.05) is 60.7 Å². The number of esters is 1. The summed E-state index contributed by atoms with van der Waals surface area (Å²) in [6, 6.07) is 19.9. The molecule has 1 amide bonds. The summed E-state index contributed by atoms with van der Waals surface area (Å²) in [7, 11) is 1.24. The van der Waals surface area contributed by atoms with Crippen molar-refractivity contribution >= 4 is 11.9 Å². The van der Waals surface area contributed by atoms with Gasteiger partial charge < -0.3 is 4.74 Å². The second-order valence-electron chi connectivity index (χ2n) is 7.82. The number of hydrogen-bond donors (Lipinski definition) is 2. The second-order valence-corrected chi connectivity index (χ2v) is 7.82. The minimum atomic E-state index is -0.653. The summed E-state index contributed by atoms with van der Waals surface area (Å²) in [5, 5.41) is 6.22. The van der Waals surface area contributed by atoms with Crippen LogP contribution in [0.4, 0.5) is 0 Å². The van der Waals surface area contributed by atoms with Gasteiger partial charge in [-0.25, -0.2) is 9.89 Å². The van der Waals surface area contributed by atoms with Gasteiger partial charge in [0.2, 0.25) is 5.91 Å². The van der Waals surface area contributed by atoms with Gasteiger partial charge in [-0.3, -0.25) is 19.7 Å². The summed E-state index contributed by atoms with van der Waals surface area (Å²) in [5.41, 5.74) is 4.53. The molecule has 1 fully saturated rings. The summed E-state index contributed by atoms with van der Waals surface area (Å²) in [6.45, 7) is 0. The number of pyridine rings is 1. The molecule has 32 heavy (non-hydrogen) atoms. The predicted octanol–water partition coefficient (Wildman–Crippen LogP) is 2.54. The first-order valence-electron chi connectivity index (χ1n) is 10.1. The third-order valence-electron chi connectivity index (χ3n) is 6.06. The summed E-state index contributed by atoms with van der Waals surface area (Å²) >= 11 is 0. The number of aromatic amines is 1. The standard InChI is InChI=1S/C24H20N4O4/c1-32-23(31)18-14-28(13-17-20(18)25-26-21(17)29)27-22(30)19-12-24(19,15-8-4-2-5-9-15)16-10-6-3-7-11-16/h2-11,13-14,19H,12H2,1H3,(H,26,29)(H,27,30)/t19-/m0/s1. The van der Waals surface area contributed by atoms with Gasteiger partial charge in [0.05, 0.1) is 18.6 Å². The quantitative estimate of drug-likeness (QED) is 0.475. The van der Waals surface area contributed by atoms with Crippen molar-refractivity contribution < 1.29 is 14.3 Å². The number of benzene rings is 2. The zero-order valence-electron chi connectivity index (χ0n) is 17.2. The number of nitrogens with one attached hydrogen (secondary N) is 2. The van der Waals surface area contributed by atoms with Crippen molar-refractivity contribution in [1.82, 2.24) is 14.9 Å². The van der Waals surface area contributed by atoms with E-state index < -0.39 is 16.9 Å². The average molecular weight is 428 g/mol. The highest BCUT2D eigenvalue weighted by Gasteiger charge is 2.60. The van der Waals surface area contributed by atoms with Gasteiger partial charge in [0.15, 0.2) is 0 Å². The van der Waals surface area contributed by atoms with Crippen molar-refractivity contribution in [3.8, 4) is 11.3 Å². The molecule has 2 aromatic carbocycles. The van der Waals surface area contributed by atoms with E-state index in [9.17, 15) is 14.4 Å². The minimum Gasteiger partial charge on any atom is -0.465 e. The number of hydrogen-bond acceptors (Lipinski definition) is 5. The van der Waals surface area contributed by atoms with Crippen molar-refractivity contribution in [1.29, 1.82) is 0 Å². The van der Waals surface area contributed by atoms with E-state index in [1.54, 1.807) is 0 Å². The first-order chi connectivity index (χ1) is 15.5. The van der Waals surface area contributed by atoms with E-state index in [0.29, 0.717) is 6.42 Å². The highest BCUT2D eigenvalue weighted by Crippen LogP contribution is 2.59. The SMILES string of the molecule is COC(=O)c1cn(NC(=O)[C@@H]2CC2(c2ccccc2)c2ccccc2)cc2c(=O)[nH]nc1-2. The van der Waals surface area contributed by atoms with Crippen LogP contribution in [0.5, 0.6) is 0 Å². The van der Waals surface area contributed by atoms with E-state index in [-0.39, 0.29) is 28.6 Å². The van der Waals surface area contributed by atoms with Gasteiger partial charge in [0, 0.05) is 17.8 Å². The molecule has 2 heterocycles. The Hall–Kier alpha value is -4.20. The lowest BCUT2D eigenvalue weighted by Gasteiger charge is -2.19. The summed E-state index contributed by atoms with van der Waals surface area (Å²) in [5.74, 6) is -1.18. The highest BCUT2D eigenvalue weighted by atomic mass is 16.5. The van der Waals surface area contributed by atoms with Crippen molar-refractivity contribution in [3.63, 3.8) is 0 Å². The van der Waals surface area contributed by atoms with E-state index in [0.717, 1.165) is 11.1 Å². The molecule has 8 heteroatoms. The second kappa shape index (κ2) is 7.49. The normalized spacial score (nSPS) is 16.5. The minimum absolute atomic E-state index is 0.0804. The summed E-state index contributed by atoms with van der Waals surface area (Å²) in [6.07, 6.45) is 3.50. The Morgan fingerprint density at radius 2 is 1.69 bits per heavy atom. The van der Waals surface area contributed by atoms with Crippen LogP contribution in [-0.2, 0) is 14.9 Å². The number of carbonyl (C=O) groups is 2. The van der Waals surface area contributed by atoms with Crippen LogP contribution in [0, 0.1) is 5.92 Å². The number of H-pyrrole nitrogens is 1. The van der Waals surface area contributed by atoms with Gasteiger partial charge in [-0.1, -0.05) is 60.7 Å². The van der Waals surface area contributed by atoms with Crippen molar-refractivity contribution in [3.05, 3.63) is 100 Å². The maximum Gasteiger partial charge on any atom is 0.341 e. The number of methoxy groups -OCH3 is 1. The van der Waals surface area contributed by atoms with Crippen molar-refractivity contribution in [2.24, 2.45) is 5.92 Å². The van der Waals surface area contributed by atoms with Crippen LogP contribution >= 0.6 is 0 Å². The maximum absolute atomic E-state index is 13.3. The summed E-state index contributed by atoms with van der Waals surface area (Å²) < 4.78 is 6.13. The van der Waals surface area contributed by atoms with Crippen LogP contribution < -0.4 is 11.0 Å². The number of fused-ring (bicyclic) bond motifs is 1. The smallest absolute Gasteiger partial charge is 0.341 e. The Morgan fingerprint density at radius 3 is 2.28 bits per heavy atom. The zero-order valence-corrected chi connectivity index (χ0v) is 17.2. The van der Waals surface area contributed by atoms with E-state index in [1.165, 1.54) is 24.2 Å². The van der Waals surface area contributed by atoms with Crippen LogP contribution in [0.25, 0.3) is 11.3 Å². The molecule has 0 spiro atoms. The third kappa shape index (κ3) is 3.08. The molecule has 160 valence electrons. The fourth-order valence-corrected chi connectivity index (χ4v) is 4.42. The van der Waals surface area contributed by atoms with Gasteiger partial charge in [0.25, 0.3) is 5.56 Å². The van der Waals surface area contributed by atoms with Crippen LogP contribution in [0.2, 0.25) is 0 Å². The van der Waals surface area contributed by atoms with Crippen LogP contribution in [0.1, 0.15) is 27.9 Å². The van der Waals surface area contributed by atoms with E-state index >= 15 is 0 Å². The molecule has 1 saturated carbocycles. The molecule has 0 saturated heterocycles. The molecular formula is C24H20N4O4. The third-order valence-corrected chi connectivity index (χ3v) is 6.06. The molecule has 8 nitrogen and oxygen atoms in total. The average Bonchev–Trinajstić information content (AvgIpc) is 3.50. The topological polar surface area (TPSA) is 106 Å². The Morgan fingerprint density at radius 1 is 1.06 bits per heavy atom. The molecule has 2 N–H and O–H groups in total. The number of aromatic nitrogens is 3. The number of carbonyl (C=O) groups excluding carboxylic acids is 2. The number of ether oxygens (including phenoxy) is 1. The fraction of sp³-hybridized carbons (Fsp3) is 0.167. The van der Waals surface area contributed by atoms with Crippen LogP contribution in [0.3, 0.4) is 0 Å². The van der Waals surface area contributed by atoms with E-state index in [2.05, 4.69) is 15.6 Å². The first kappa shape index (κ1) is 19.7. The highest BCUT2D eigenvalue weighted by molar-refractivity contribution is 5.97. The molecule has 2 aliphatic heterocycles. The van der Waals surface area contributed by atoms with Crippen LogP contribution in [0.15, 0.2) is 77.9 Å². The van der Waals surface area contributed by atoms with Gasteiger partial charge in [-0.05, 0) is 17.5 Å². The molecule has 1 atom stereocenters. The maximum atomic E-state index is 13.3. The molecule has 0 unspecified atom stereocenters. The van der Waals surface area contributed by atoms with Crippen molar-refractivity contribution in [2.45, 2.75) is 11.8 Å². The molecular weight excluding hydrogens is 408 g/mol. The Labute approximate surface area is 183 Å². The van der Waals surface area contributed by atoms with Gasteiger partial charge in [-0.15, -0.1) is 0 Å². The lowest BCUT2D eigenvalue weighted by atomic mass is 9.85. The number of nitrogens with zero attached hydrogens (tertiary/aromatic N) is 2.